The molecule has 0 saturated carbocycles. The molecule has 0 aliphatic rings. The summed E-state index contributed by atoms with van der Waals surface area (Å²) in [5, 5.41) is 4.69. The highest BCUT2D eigenvalue weighted by molar-refractivity contribution is 5.83. The SMILES string of the molecule is CCN(C)Cc1cccc(-c2c(C)nn3c(OCc4c(F)cccc4F)cc(C)cc23)c1. The quantitative estimate of drug-likeness (QED) is 0.361. The van der Waals surface area contributed by atoms with Crippen LogP contribution >= 0.6 is 0 Å². The van der Waals surface area contributed by atoms with Crippen molar-refractivity contribution in [3.8, 4) is 17.0 Å². The molecule has 0 spiro atoms. The van der Waals surface area contributed by atoms with Gasteiger partial charge in [0.05, 0.1) is 16.8 Å². The normalized spacial score (nSPS) is 11.5. The number of halogens is 2. The van der Waals surface area contributed by atoms with Gasteiger partial charge in [-0.05, 0) is 68.4 Å². The van der Waals surface area contributed by atoms with Crippen LogP contribution < -0.4 is 4.74 Å². The lowest BCUT2D eigenvalue weighted by molar-refractivity contribution is 0.274. The topological polar surface area (TPSA) is 29.8 Å². The summed E-state index contributed by atoms with van der Waals surface area (Å²) in [6.45, 7) is 7.69. The molecule has 0 amide bonds. The highest BCUT2D eigenvalue weighted by Gasteiger charge is 2.17. The van der Waals surface area contributed by atoms with Crippen molar-refractivity contribution in [3.63, 3.8) is 0 Å². The molecule has 0 unspecified atom stereocenters. The molecule has 0 N–H and O–H groups in total. The van der Waals surface area contributed by atoms with E-state index in [0.29, 0.717) is 5.88 Å². The summed E-state index contributed by atoms with van der Waals surface area (Å²) in [6.07, 6.45) is 0. The van der Waals surface area contributed by atoms with E-state index in [4.69, 9.17) is 4.74 Å². The molecule has 4 nitrogen and oxygen atoms in total. The second-order valence-electron chi connectivity index (χ2n) is 8.15. The molecule has 0 aliphatic carbocycles. The average Bonchev–Trinajstić information content (AvgIpc) is 3.09. The number of ether oxygens (including phenoxy) is 1. The number of rotatable bonds is 7. The van der Waals surface area contributed by atoms with E-state index >= 15 is 0 Å². The third-order valence-electron chi connectivity index (χ3n) is 5.65. The monoisotopic (exact) mass is 435 g/mol. The van der Waals surface area contributed by atoms with E-state index in [-0.39, 0.29) is 12.2 Å². The molecule has 32 heavy (non-hydrogen) atoms. The Labute approximate surface area is 187 Å². The maximum atomic E-state index is 14.0. The zero-order chi connectivity index (χ0) is 22.8. The van der Waals surface area contributed by atoms with Crippen LogP contribution in [0.25, 0.3) is 16.6 Å². The molecule has 2 aromatic carbocycles. The number of hydrogen-bond acceptors (Lipinski definition) is 3. The van der Waals surface area contributed by atoms with Gasteiger partial charge in [0.2, 0.25) is 5.88 Å². The maximum absolute atomic E-state index is 14.0. The van der Waals surface area contributed by atoms with Gasteiger partial charge in [0.25, 0.3) is 0 Å². The Balaban J connectivity index is 1.73. The number of pyridine rings is 1. The number of aromatic nitrogens is 2. The minimum absolute atomic E-state index is 0.0981. The molecule has 0 atom stereocenters. The summed E-state index contributed by atoms with van der Waals surface area (Å²) in [7, 11) is 2.10. The molecular weight excluding hydrogens is 408 g/mol. The molecule has 4 aromatic rings. The lowest BCUT2D eigenvalue weighted by Gasteiger charge is -2.14. The standard InChI is InChI=1S/C26H27F2N3O/c1-5-30(4)15-19-8-6-9-20(14-19)26-18(3)29-31-24(26)12-17(2)13-25(31)32-16-21-22(27)10-7-11-23(21)28/h6-14H,5,15-16H2,1-4H3. The van der Waals surface area contributed by atoms with Gasteiger partial charge in [-0.3, -0.25) is 0 Å². The van der Waals surface area contributed by atoms with E-state index in [9.17, 15) is 8.78 Å². The molecule has 0 saturated heterocycles. The highest BCUT2D eigenvalue weighted by atomic mass is 19.1. The van der Waals surface area contributed by atoms with Gasteiger partial charge in [-0.25, -0.2) is 13.3 Å². The van der Waals surface area contributed by atoms with Gasteiger partial charge in [-0.2, -0.15) is 5.10 Å². The van der Waals surface area contributed by atoms with Crippen LogP contribution in [0.1, 0.15) is 29.3 Å². The zero-order valence-electron chi connectivity index (χ0n) is 18.8. The fraction of sp³-hybridized carbons (Fsp3) is 0.269. The summed E-state index contributed by atoms with van der Waals surface area (Å²) in [5.41, 5.74) is 5.96. The van der Waals surface area contributed by atoms with Crippen molar-refractivity contribution in [1.82, 2.24) is 14.5 Å². The molecular formula is C26H27F2N3O. The fourth-order valence-corrected chi connectivity index (χ4v) is 3.88. The average molecular weight is 436 g/mol. The molecule has 166 valence electrons. The molecule has 0 aliphatic heterocycles. The predicted molar refractivity (Wildman–Crippen MR) is 123 cm³/mol. The first-order valence-corrected chi connectivity index (χ1v) is 10.7. The van der Waals surface area contributed by atoms with Gasteiger partial charge in [0.15, 0.2) is 0 Å². The van der Waals surface area contributed by atoms with Crippen LogP contribution in [-0.2, 0) is 13.2 Å². The molecule has 0 radical (unpaired) electrons. The van der Waals surface area contributed by atoms with E-state index < -0.39 is 11.6 Å². The molecule has 2 aromatic heterocycles. The van der Waals surface area contributed by atoms with Crippen molar-refractivity contribution >= 4 is 5.52 Å². The summed E-state index contributed by atoms with van der Waals surface area (Å²) >= 11 is 0. The van der Waals surface area contributed by atoms with Crippen LogP contribution in [0.15, 0.2) is 54.6 Å². The second-order valence-corrected chi connectivity index (χ2v) is 8.15. The Bertz CT molecular complexity index is 1250. The van der Waals surface area contributed by atoms with Gasteiger partial charge in [-0.1, -0.05) is 31.2 Å². The van der Waals surface area contributed by atoms with E-state index in [1.54, 1.807) is 4.52 Å². The number of aryl methyl sites for hydroxylation is 2. The predicted octanol–water partition coefficient (Wildman–Crippen LogP) is 5.93. The van der Waals surface area contributed by atoms with Gasteiger partial charge in [0, 0.05) is 18.2 Å². The van der Waals surface area contributed by atoms with Crippen molar-refractivity contribution in [2.45, 2.75) is 33.9 Å². The smallest absolute Gasteiger partial charge is 0.215 e. The van der Waals surface area contributed by atoms with Crippen molar-refractivity contribution in [2.24, 2.45) is 0 Å². The van der Waals surface area contributed by atoms with E-state index in [2.05, 4.69) is 54.3 Å². The van der Waals surface area contributed by atoms with Crippen LogP contribution in [0.2, 0.25) is 0 Å². The van der Waals surface area contributed by atoms with E-state index in [1.807, 2.05) is 19.9 Å². The summed E-state index contributed by atoms with van der Waals surface area (Å²) in [5.74, 6) is -0.806. The lowest BCUT2D eigenvalue weighted by atomic mass is 10.0. The maximum Gasteiger partial charge on any atom is 0.215 e. The van der Waals surface area contributed by atoms with Crippen LogP contribution in [0, 0.1) is 25.5 Å². The van der Waals surface area contributed by atoms with Gasteiger partial charge < -0.3 is 9.64 Å². The van der Waals surface area contributed by atoms with Gasteiger partial charge in [0.1, 0.15) is 18.2 Å². The molecule has 0 bridgehead atoms. The van der Waals surface area contributed by atoms with Crippen LogP contribution in [-0.4, -0.2) is 28.1 Å². The van der Waals surface area contributed by atoms with Gasteiger partial charge >= 0.3 is 0 Å². The Morgan fingerprint density at radius 1 is 1.00 bits per heavy atom. The van der Waals surface area contributed by atoms with Crippen molar-refractivity contribution < 1.29 is 13.5 Å². The van der Waals surface area contributed by atoms with Crippen LogP contribution in [0.4, 0.5) is 8.78 Å². The third-order valence-corrected chi connectivity index (χ3v) is 5.65. The fourth-order valence-electron chi connectivity index (χ4n) is 3.88. The van der Waals surface area contributed by atoms with Crippen LogP contribution in [0.3, 0.4) is 0 Å². The first kappa shape index (κ1) is 22.0. The summed E-state index contributed by atoms with van der Waals surface area (Å²) in [6, 6.07) is 16.1. The molecule has 2 heterocycles. The van der Waals surface area contributed by atoms with Gasteiger partial charge in [-0.15, -0.1) is 0 Å². The Kier molecular flexibility index (Phi) is 6.24. The first-order chi connectivity index (χ1) is 15.4. The molecule has 4 rings (SSSR count). The number of benzene rings is 2. The minimum atomic E-state index is -0.625. The van der Waals surface area contributed by atoms with E-state index in [1.165, 1.54) is 23.8 Å². The Hall–Kier alpha value is -3.25. The Morgan fingerprint density at radius 2 is 1.72 bits per heavy atom. The molecule has 6 heteroatoms. The second kappa shape index (κ2) is 9.09. The highest BCUT2D eigenvalue weighted by Crippen LogP contribution is 2.32. The van der Waals surface area contributed by atoms with Crippen molar-refractivity contribution in [2.75, 3.05) is 13.6 Å². The number of hydrogen-bond donors (Lipinski definition) is 0. The Morgan fingerprint density at radius 3 is 2.44 bits per heavy atom. The summed E-state index contributed by atoms with van der Waals surface area (Å²) < 4.78 is 35.7. The third kappa shape index (κ3) is 4.36. The largest absolute Gasteiger partial charge is 0.473 e. The van der Waals surface area contributed by atoms with Crippen molar-refractivity contribution in [3.05, 3.63) is 88.6 Å². The number of nitrogens with zero attached hydrogens (tertiary/aromatic N) is 3. The van der Waals surface area contributed by atoms with Crippen LogP contribution in [0.5, 0.6) is 5.88 Å². The van der Waals surface area contributed by atoms with E-state index in [0.717, 1.165) is 41.0 Å². The minimum Gasteiger partial charge on any atom is -0.473 e. The van der Waals surface area contributed by atoms with Crippen molar-refractivity contribution in [1.29, 1.82) is 0 Å². The first-order valence-electron chi connectivity index (χ1n) is 10.7. The number of fused-ring (bicyclic) bond motifs is 1. The molecule has 0 fully saturated rings. The zero-order valence-corrected chi connectivity index (χ0v) is 18.8. The summed E-state index contributed by atoms with van der Waals surface area (Å²) in [4.78, 5) is 2.25. The lowest BCUT2D eigenvalue weighted by Crippen LogP contribution is -2.16.